The Morgan fingerprint density at radius 1 is 1.25 bits per heavy atom. The molecule has 0 aliphatic carbocycles. The summed E-state index contributed by atoms with van der Waals surface area (Å²) in [6, 6.07) is 9.72. The van der Waals surface area contributed by atoms with E-state index in [1.54, 1.807) is 20.4 Å². The molecule has 1 amide bonds. The van der Waals surface area contributed by atoms with Gasteiger partial charge in [0.15, 0.2) is 5.82 Å². The first-order chi connectivity index (χ1) is 17.2. The Labute approximate surface area is 210 Å². The number of likely N-dealkylation sites (tertiary alicyclic amines) is 1. The molecule has 0 unspecified atom stereocenters. The summed E-state index contributed by atoms with van der Waals surface area (Å²) in [6.07, 6.45) is 3.57. The van der Waals surface area contributed by atoms with Crippen LogP contribution in [0.4, 0.5) is 0 Å². The highest BCUT2D eigenvalue weighted by Gasteiger charge is 2.37. The minimum absolute atomic E-state index is 0.0170. The van der Waals surface area contributed by atoms with Crippen LogP contribution in [0.15, 0.2) is 36.5 Å². The number of benzene rings is 1. The van der Waals surface area contributed by atoms with Gasteiger partial charge in [0.05, 0.1) is 24.9 Å². The molecule has 9 nitrogen and oxygen atoms in total. The van der Waals surface area contributed by atoms with Gasteiger partial charge in [0, 0.05) is 56.0 Å². The second kappa shape index (κ2) is 9.22. The molecule has 2 N–H and O–H groups in total. The molecule has 0 bridgehead atoms. The van der Waals surface area contributed by atoms with E-state index in [0.29, 0.717) is 36.5 Å². The van der Waals surface area contributed by atoms with Gasteiger partial charge in [-0.2, -0.15) is 0 Å². The lowest BCUT2D eigenvalue weighted by Gasteiger charge is -2.44. The molecule has 0 radical (unpaired) electrons. The zero-order valence-corrected chi connectivity index (χ0v) is 21.6. The van der Waals surface area contributed by atoms with Crippen molar-refractivity contribution in [1.82, 2.24) is 24.0 Å². The lowest BCUT2D eigenvalue weighted by Crippen LogP contribution is -2.56. The number of aryl methyl sites for hydroxylation is 1. The van der Waals surface area contributed by atoms with E-state index in [4.69, 9.17) is 20.2 Å². The fourth-order valence-electron chi connectivity index (χ4n) is 5.26. The van der Waals surface area contributed by atoms with Crippen LogP contribution >= 0.6 is 0 Å². The van der Waals surface area contributed by atoms with E-state index >= 15 is 0 Å². The van der Waals surface area contributed by atoms with Crippen LogP contribution in [-0.4, -0.2) is 68.9 Å². The van der Waals surface area contributed by atoms with E-state index in [9.17, 15) is 4.79 Å². The minimum atomic E-state index is -0.264. The average Bonchev–Trinajstić information content (AvgIpc) is 3.40. The molecule has 4 aromatic rings. The van der Waals surface area contributed by atoms with E-state index in [1.165, 1.54) is 0 Å². The van der Waals surface area contributed by atoms with Gasteiger partial charge >= 0.3 is 0 Å². The molecule has 1 aromatic carbocycles. The normalized spacial score (nSPS) is 17.7. The quantitative estimate of drug-likeness (QED) is 0.443. The van der Waals surface area contributed by atoms with Crippen molar-refractivity contribution in [2.45, 2.75) is 44.8 Å². The monoisotopic (exact) mass is 490 g/mol. The first-order valence-electron chi connectivity index (χ1n) is 12.3. The van der Waals surface area contributed by atoms with Crippen molar-refractivity contribution in [1.29, 1.82) is 0 Å². The summed E-state index contributed by atoms with van der Waals surface area (Å²) in [7, 11) is 5.27. The molecule has 1 atom stereocenters. The molecule has 5 rings (SSSR count). The Balaban J connectivity index is 1.64. The molecule has 1 aliphatic heterocycles. The summed E-state index contributed by atoms with van der Waals surface area (Å²) in [5, 5.41) is 1.03. The van der Waals surface area contributed by atoms with Crippen molar-refractivity contribution in [2.24, 2.45) is 12.8 Å². The summed E-state index contributed by atoms with van der Waals surface area (Å²) in [6.45, 7) is 5.91. The number of amides is 1. The van der Waals surface area contributed by atoms with Gasteiger partial charge in [0.1, 0.15) is 16.9 Å². The van der Waals surface area contributed by atoms with Crippen LogP contribution < -0.4 is 10.5 Å². The second-order valence-corrected chi connectivity index (χ2v) is 10.2. The Hall–Kier alpha value is -3.43. The van der Waals surface area contributed by atoms with Crippen molar-refractivity contribution < 1.29 is 14.3 Å². The van der Waals surface area contributed by atoms with E-state index < -0.39 is 0 Å². The largest absolute Gasteiger partial charge is 0.494 e. The number of hydrogen-bond donors (Lipinski definition) is 1. The number of imidazole rings is 1. The molecule has 190 valence electrons. The number of aromatic nitrogens is 4. The maximum atomic E-state index is 13.7. The predicted molar refractivity (Wildman–Crippen MR) is 140 cm³/mol. The smallest absolute Gasteiger partial charge is 0.254 e. The van der Waals surface area contributed by atoms with E-state index in [2.05, 4.69) is 29.5 Å². The van der Waals surface area contributed by atoms with E-state index in [1.807, 2.05) is 40.8 Å². The van der Waals surface area contributed by atoms with Crippen LogP contribution in [0.3, 0.4) is 0 Å². The number of carbonyl (C=O) groups excluding carboxylic acids is 1. The molecule has 0 saturated carbocycles. The summed E-state index contributed by atoms with van der Waals surface area (Å²) in [5.74, 6) is 1.32. The van der Waals surface area contributed by atoms with Gasteiger partial charge in [0.25, 0.3) is 5.91 Å². The highest BCUT2D eigenvalue weighted by molar-refractivity contribution is 6.00. The number of ether oxygens (including phenoxy) is 2. The summed E-state index contributed by atoms with van der Waals surface area (Å²) in [4.78, 5) is 25.2. The zero-order valence-electron chi connectivity index (χ0n) is 21.6. The highest BCUT2D eigenvalue weighted by Crippen LogP contribution is 2.35. The Morgan fingerprint density at radius 2 is 2.06 bits per heavy atom. The van der Waals surface area contributed by atoms with E-state index in [-0.39, 0.29) is 17.5 Å². The van der Waals surface area contributed by atoms with Crippen molar-refractivity contribution in [3.8, 4) is 17.3 Å². The number of nitrogens with zero attached hydrogens (tertiary/aromatic N) is 5. The first kappa shape index (κ1) is 24.3. The molecule has 3 aromatic heterocycles. The Morgan fingerprint density at radius 3 is 2.81 bits per heavy atom. The lowest BCUT2D eigenvalue weighted by atomic mass is 9.87. The zero-order chi connectivity index (χ0) is 25.6. The lowest BCUT2D eigenvalue weighted by molar-refractivity contribution is 0.0395. The van der Waals surface area contributed by atoms with Gasteiger partial charge in [-0.05, 0) is 57.0 Å². The van der Waals surface area contributed by atoms with Gasteiger partial charge in [-0.15, -0.1) is 0 Å². The molecular formula is C27H34N6O3. The van der Waals surface area contributed by atoms with Crippen LogP contribution in [0.25, 0.3) is 33.6 Å². The highest BCUT2D eigenvalue weighted by atomic mass is 16.5. The third kappa shape index (κ3) is 4.02. The summed E-state index contributed by atoms with van der Waals surface area (Å²) in [5.41, 5.74) is 9.85. The summed E-state index contributed by atoms with van der Waals surface area (Å²) < 4.78 is 15.3. The third-order valence-corrected chi connectivity index (χ3v) is 7.32. The maximum absolute atomic E-state index is 13.7. The fraction of sp³-hybridized carbons (Fsp3) is 0.444. The van der Waals surface area contributed by atoms with Crippen molar-refractivity contribution in [3.05, 3.63) is 42.1 Å². The average molecular weight is 491 g/mol. The molecule has 4 heterocycles. The predicted octanol–water partition coefficient (Wildman–Crippen LogP) is 3.59. The van der Waals surface area contributed by atoms with Crippen molar-refractivity contribution >= 4 is 28.0 Å². The number of rotatable bonds is 6. The number of piperidine rings is 1. The Bertz CT molecular complexity index is 1440. The third-order valence-electron chi connectivity index (χ3n) is 7.32. The SMILES string of the molecule is COCCn1c(-c2nc3cc(C(=O)N4C[C@H](N)CCC4(C)C)cc(OC)c3n2C)cc2cccnc21. The van der Waals surface area contributed by atoms with Crippen LogP contribution in [0.1, 0.15) is 37.0 Å². The summed E-state index contributed by atoms with van der Waals surface area (Å²) >= 11 is 0. The molecule has 1 saturated heterocycles. The molecule has 1 fully saturated rings. The van der Waals surface area contributed by atoms with E-state index in [0.717, 1.165) is 40.9 Å². The van der Waals surface area contributed by atoms with Crippen molar-refractivity contribution in [2.75, 3.05) is 27.4 Å². The standard InChI is InChI=1S/C27H34N6O3/c1-27(2)9-8-19(28)16-33(27)26(34)18-13-20-23(22(15-18)36-5)31(3)25(30-20)21-14-17-7-6-10-29-24(17)32(21)11-12-35-4/h6-7,10,13-15,19H,8-9,11-12,16,28H2,1-5H3/t19-/m1/s1. The molecule has 9 heteroatoms. The van der Waals surface area contributed by atoms with Gasteiger partial charge in [0.2, 0.25) is 0 Å². The van der Waals surface area contributed by atoms with Crippen LogP contribution in [0.2, 0.25) is 0 Å². The molecule has 0 spiro atoms. The molecular weight excluding hydrogens is 456 g/mol. The van der Waals surface area contributed by atoms with Crippen LogP contribution in [0, 0.1) is 0 Å². The second-order valence-electron chi connectivity index (χ2n) is 10.2. The fourth-order valence-corrected chi connectivity index (χ4v) is 5.26. The Kier molecular flexibility index (Phi) is 6.22. The number of fused-ring (bicyclic) bond motifs is 2. The molecule has 36 heavy (non-hydrogen) atoms. The van der Waals surface area contributed by atoms with Gasteiger partial charge in [-0.25, -0.2) is 9.97 Å². The first-order valence-corrected chi connectivity index (χ1v) is 12.3. The van der Waals surface area contributed by atoms with Gasteiger partial charge in [-0.3, -0.25) is 4.79 Å². The maximum Gasteiger partial charge on any atom is 0.254 e. The van der Waals surface area contributed by atoms with Crippen LogP contribution in [0.5, 0.6) is 5.75 Å². The van der Waals surface area contributed by atoms with Crippen LogP contribution in [-0.2, 0) is 18.3 Å². The van der Waals surface area contributed by atoms with Gasteiger partial charge in [-0.1, -0.05) is 0 Å². The van der Waals surface area contributed by atoms with Crippen molar-refractivity contribution in [3.63, 3.8) is 0 Å². The number of hydrogen-bond acceptors (Lipinski definition) is 6. The number of methoxy groups -OCH3 is 2. The number of pyridine rings is 1. The topological polar surface area (TPSA) is 100 Å². The van der Waals surface area contributed by atoms with Gasteiger partial charge < -0.3 is 29.2 Å². The molecule has 1 aliphatic rings. The number of nitrogens with two attached hydrogens (primary N) is 1. The minimum Gasteiger partial charge on any atom is -0.494 e. The number of carbonyl (C=O) groups is 1.